The maximum Gasteiger partial charge on any atom is 0.159 e. The molecule has 28 heavy (non-hydrogen) atoms. The molecule has 1 aromatic carbocycles. The van der Waals surface area contributed by atoms with E-state index < -0.39 is 6.17 Å². The SMILES string of the molecule is CCCCCCCCOc1ccc(-c2ncc(CCCCC(C)F)cn2)cc1. The van der Waals surface area contributed by atoms with Crippen LogP contribution in [0.2, 0.25) is 0 Å². The molecule has 0 N–H and O–H groups in total. The highest BCUT2D eigenvalue weighted by Gasteiger charge is 2.04. The summed E-state index contributed by atoms with van der Waals surface area (Å²) in [5, 5.41) is 0. The number of ether oxygens (including phenoxy) is 1. The molecule has 1 unspecified atom stereocenters. The summed E-state index contributed by atoms with van der Waals surface area (Å²) >= 11 is 0. The number of unbranched alkanes of at least 4 members (excludes halogenated alkanes) is 6. The molecule has 3 nitrogen and oxygen atoms in total. The van der Waals surface area contributed by atoms with Crippen molar-refractivity contribution in [2.45, 2.75) is 84.2 Å². The fourth-order valence-electron chi connectivity index (χ4n) is 3.16. The molecular formula is C24H35FN2O. The Kier molecular flexibility index (Phi) is 10.6. The number of halogens is 1. The molecule has 0 saturated heterocycles. The minimum absolute atomic E-state index is 0.631. The highest BCUT2D eigenvalue weighted by atomic mass is 19.1. The zero-order valence-electron chi connectivity index (χ0n) is 17.5. The number of hydrogen-bond donors (Lipinski definition) is 0. The average Bonchev–Trinajstić information content (AvgIpc) is 2.71. The number of aromatic nitrogens is 2. The average molecular weight is 387 g/mol. The first-order valence-electron chi connectivity index (χ1n) is 10.9. The fraction of sp³-hybridized carbons (Fsp3) is 0.583. The Morgan fingerprint density at radius 3 is 2.25 bits per heavy atom. The molecule has 0 saturated carbocycles. The van der Waals surface area contributed by atoms with Gasteiger partial charge in [0.05, 0.1) is 12.8 Å². The molecule has 154 valence electrons. The lowest BCUT2D eigenvalue weighted by Crippen LogP contribution is -1.98. The van der Waals surface area contributed by atoms with E-state index in [1.807, 2.05) is 36.7 Å². The molecule has 0 aliphatic rings. The van der Waals surface area contributed by atoms with Gasteiger partial charge in [-0.05, 0) is 62.4 Å². The highest BCUT2D eigenvalue weighted by Crippen LogP contribution is 2.20. The molecule has 1 heterocycles. The van der Waals surface area contributed by atoms with Crippen molar-refractivity contribution in [1.82, 2.24) is 9.97 Å². The molecule has 0 bridgehead atoms. The van der Waals surface area contributed by atoms with Crippen LogP contribution >= 0.6 is 0 Å². The van der Waals surface area contributed by atoms with Gasteiger partial charge in [-0.3, -0.25) is 0 Å². The molecule has 0 fully saturated rings. The normalized spacial score (nSPS) is 12.1. The predicted molar refractivity (Wildman–Crippen MR) is 114 cm³/mol. The summed E-state index contributed by atoms with van der Waals surface area (Å²) in [5.74, 6) is 1.62. The van der Waals surface area contributed by atoms with Crippen LogP contribution in [0.5, 0.6) is 5.75 Å². The third-order valence-electron chi connectivity index (χ3n) is 4.90. The van der Waals surface area contributed by atoms with Crippen molar-refractivity contribution in [1.29, 1.82) is 0 Å². The van der Waals surface area contributed by atoms with Gasteiger partial charge in [0, 0.05) is 18.0 Å². The molecule has 1 aromatic heterocycles. The van der Waals surface area contributed by atoms with Crippen LogP contribution in [0.1, 0.15) is 77.2 Å². The van der Waals surface area contributed by atoms with Crippen molar-refractivity contribution < 1.29 is 9.13 Å². The Bertz CT molecular complexity index is 641. The Morgan fingerprint density at radius 1 is 0.893 bits per heavy atom. The zero-order chi connectivity index (χ0) is 20.0. The minimum atomic E-state index is -0.712. The summed E-state index contributed by atoms with van der Waals surface area (Å²) in [6.45, 7) is 4.63. The zero-order valence-corrected chi connectivity index (χ0v) is 17.5. The smallest absolute Gasteiger partial charge is 0.159 e. The molecule has 0 amide bonds. The van der Waals surface area contributed by atoms with E-state index in [1.165, 1.54) is 32.1 Å². The van der Waals surface area contributed by atoms with Crippen LogP contribution in [0, 0.1) is 0 Å². The number of benzene rings is 1. The van der Waals surface area contributed by atoms with Crippen molar-refractivity contribution in [3.05, 3.63) is 42.2 Å². The molecule has 0 aliphatic carbocycles. The summed E-state index contributed by atoms with van der Waals surface area (Å²) < 4.78 is 18.6. The second kappa shape index (κ2) is 13.2. The Hall–Kier alpha value is -1.97. The van der Waals surface area contributed by atoms with E-state index in [2.05, 4.69) is 16.9 Å². The molecule has 1 atom stereocenters. The Balaban J connectivity index is 1.72. The van der Waals surface area contributed by atoms with Crippen LogP contribution in [0.15, 0.2) is 36.7 Å². The van der Waals surface area contributed by atoms with E-state index in [-0.39, 0.29) is 0 Å². The van der Waals surface area contributed by atoms with Crippen molar-refractivity contribution in [3.63, 3.8) is 0 Å². The largest absolute Gasteiger partial charge is 0.494 e. The predicted octanol–water partition coefficient (Wildman–Crippen LogP) is 6.95. The van der Waals surface area contributed by atoms with Crippen molar-refractivity contribution in [2.24, 2.45) is 0 Å². The first-order valence-corrected chi connectivity index (χ1v) is 10.9. The molecule has 0 spiro atoms. The van der Waals surface area contributed by atoms with Crippen molar-refractivity contribution in [2.75, 3.05) is 6.61 Å². The van der Waals surface area contributed by atoms with Crippen LogP contribution < -0.4 is 4.74 Å². The van der Waals surface area contributed by atoms with Gasteiger partial charge in [0.25, 0.3) is 0 Å². The summed E-state index contributed by atoms with van der Waals surface area (Å²) in [4.78, 5) is 8.95. The number of aryl methyl sites for hydroxylation is 1. The van der Waals surface area contributed by atoms with E-state index in [9.17, 15) is 4.39 Å². The van der Waals surface area contributed by atoms with E-state index >= 15 is 0 Å². The van der Waals surface area contributed by atoms with Crippen LogP contribution in [-0.4, -0.2) is 22.7 Å². The van der Waals surface area contributed by atoms with Crippen molar-refractivity contribution >= 4 is 0 Å². The number of hydrogen-bond acceptors (Lipinski definition) is 3. The van der Waals surface area contributed by atoms with Gasteiger partial charge in [0.1, 0.15) is 5.75 Å². The fourth-order valence-corrected chi connectivity index (χ4v) is 3.16. The van der Waals surface area contributed by atoms with Crippen LogP contribution in [0.4, 0.5) is 4.39 Å². The lowest BCUT2D eigenvalue weighted by molar-refractivity contribution is 0.304. The van der Waals surface area contributed by atoms with Gasteiger partial charge in [-0.1, -0.05) is 45.4 Å². The molecular weight excluding hydrogens is 351 g/mol. The summed E-state index contributed by atoms with van der Waals surface area (Å²) in [6.07, 6.45) is 14.1. The minimum Gasteiger partial charge on any atom is -0.494 e. The van der Waals surface area contributed by atoms with Gasteiger partial charge in [-0.15, -0.1) is 0 Å². The van der Waals surface area contributed by atoms with Gasteiger partial charge < -0.3 is 4.74 Å². The molecule has 0 radical (unpaired) electrons. The molecule has 2 aromatic rings. The van der Waals surface area contributed by atoms with E-state index in [0.717, 1.165) is 55.0 Å². The third kappa shape index (κ3) is 8.81. The van der Waals surface area contributed by atoms with Gasteiger partial charge in [-0.2, -0.15) is 0 Å². The van der Waals surface area contributed by atoms with Crippen LogP contribution in [0.3, 0.4) is 0 Å². The second-order valence-electron chi connectivity index (χ2n) is 7.58. The monoisotopic (exact) mass is 386 g/mol. The number of nitrogens with zero attached hydrogens (tertiary/aromatic N) is 2. The molecule has 4 heteroatoms. The maximum atomic E-state index is 12.8. The van der Waals surface area contributed by atoms with Crippen LogP contribution in [-0.2, 0) is 6.42 Å². The van der Waals surface area contributed by atoms with Gasteiger partial charge >= 0.3 is 0 Å². The van der Waals surface area contributed by atoms with Crippen LogP contribution in [0.25, 0.3) is 11.4 Å². The number of rotatable bonds is 14. The first kappa shape index (κ1) is 22.3. The standard InChI is InChI=1S/C24H35FN2O/c1-3-4-5-6-7-10-17-28-23-15-13-22(14-16-23)24-26-18-21(19-27-24)12-9-8-11-20(2)25/h13-16,18-20H,3-12,17H2,1-2H3. The Labute approximate surface area is 169 Å². The second-order valence-corrected chi connectivity index (χ2v) is 7.58. The number of alkyl halides is 1. The Morgan fingerprint density at radius 2 is 1.57 bits per heavy atom. The lowest BCUT2D eigenvalue weighted by Gasteiger charge is -2.07. The third-order valence-corrected chi connectivity index (χ3v) is 4.90. The summed E-state index contributed by atoms with van der Waals surface area (Å²) in [5.41, 5.74) is 2.10. The van der Waals surface area contributed by atoms with Gasteiger partial charge in [0.15, 0.2) is 5.82 Å². The van der Waals surface area contributed by atoms with E-state index in [1.54, 1.807) is 6.92 Å². The van der Waals surface area contributed by atoms with E-state index in [0.29, 0.717) is 6.42 Å². The first-order chi connectivity index (χ1) is 13.7. The maximum absolute atomic E-state index is 12.8. The summed E-state index contributed by atoms with van der Waals surface area (Å²) in [7, 11) is 0. The quantitative estimate of drug-likeness (QED) is 0.329. The van der Waals surface area contributed by atoms with Gasteiger partial charge in [-0.25, -0.2) is 14.4 Å². The lowest BCUT2D eigenvalue weighted by atomic mass is 10.1. The highest BCUT2D eigenvalue weighted by molar-refractivity contribution is 5.55. The van der Waals surface area contributed by atoms with Crippen molar-refractivity contribution in [3.8, 4) is 17.1 Å². The van der Waals surface area contributed by atoms with Gasteiger partial charge in [0.2, 0.25) is 0 Å². The summed E-state index contributed by atoms with van der Waals surface area (Å²) in [6, 6.07) is 7.99. The molecule has 0 aliphatic heterocycles. The topological polar surface area (TPSA) is 35.0 Å². The molecule has 2 rings (SSSR count). The van der Waals surface area contributed by atoms with E-state index in [4.69, 9.17) is 4.74 Å².